The third-order valence-corrected chi connectivity index (χ3v) is 15.2. The van der Waals surface area contributed by atoms with E-state index in [1.54, 1.807) is 13.8 Å². The average Bonchev–Trinajstić information content (AvgIpc) is 2.36. The van der Waals surface area contributed by atoms with Crippen molar-refractivity contribution in [1.29, 1.82) is 0 Å². The van der Waals surface area contributed by atoms with Crippen LogP contribution in [0.1, 0.15) is 26.7 Å². The Balaban J connectivity index is 4.37. The molecule has 0 radical (unpaired) electrons. The van der Waals surface area contributed by atoms with Crippen LogP contribution in [0, 0.1) is 0 Å². The van der Waals surface area contributed by atoms with Crippen molar-refractivity contribution in [2.45, 2.75) is 78.1 Å². The fourth-order valence-electron chi connectivity index (χ4n) is 3.01. The minimum atomic E-state index is -2.19. The van der Waals surface area contributed by atoms with E-state index >= 15 is 0 Å². The van der Waals surface area contributed by atoms with Crippen molar-refractivity contribution >= 4 is 37.0 Å². The van der Waals surface area contributed by atoms with Crippen LogP contribution >= 0.6 is 0 Å². The van der Waals surface area contributed by atoms with Crippen LogP contribution in [-0.4, -0.2) is 50.1 Å². The molecule has 0 aliphatic rings. The van der Waals surface area contributed by atoms with Crippen molar-refractivity contribution in [3.05, 3.63) is 0 Å². The number of hydrogen-bond acceptors (Lipinski definition) is 4. The lowest BCUT2D eigenvalue weighted by Crippen LogP contribution is -2.52. The molecule has 25 heavy (non-hydrogen) atoms. The van der Waals surface area contributed by atoms with Gasteiger partial charge in [-0.15, -0.1) is 0 Å². The molecule has 0 heterocycles. The summed E-state index contributed by atoms with van der Waals surface area (Å²) in [7, 11) is -5.82. The summed E-state index contributed by atoms with van der Waals surface area (Å²) in [6.07, 6.45) is 1.89. The van der Waals surface area contributed by atoms with Crippen molar-refractivity contribution < 1.29 is 17.8 Å². The van der Waals surface area contributed by atoms with Crippen LogP contribution in [0.2, 0.25) is 51.4 Å². The lowest BCUT2D eigenvalue weighted by atomic mass is 10.5. The van der Waals surface area contributed by atoms with E-state index in [1.807, 2.05) is 0 Å². The highest BCUT2D eigenvalue weighted by Crippen LogP contribution is 2.25. The molecular formula is C16H38N2O4Si3. The van der Waals surface area contributed by atoms with E-state index in [9.17, 15) is 9.59 Å². The molecule has 2 N–H and O–H groups in total. The van der Waals surface area contributed by atoms with Gasteiger partial charge in [-0.2, -0.15) is 0 Å². The molecule has 0 atom stereocenters. The normalized spacial score (nSPS) is 12.8. The fourth-order valence-corrected chi connectivity index (χ4v) is 17.1. The zero-order valence-corrected chi connectivity index (χ0v) is 20.4. The van der Waals surface area contributed by atoms with Gasteiger partial charge in [0.05, 0.1) is 0 Å². The number of carbonyl (C=O) groups excluding carboxylic acids is 2. The Morgan fingerprint density at radius 1 is 0.720 bits per heavy atom. The van der Waals surface area contributed by atoms with Crippen LogP contribution < -0.4 is 10.6 Å². The Morgan fingerprint density at radius 3 is 1.32 bits per heavy atom. The second kappa shape index (κ2) is 10.6. The smallest absolute Gasteiger partial charge is 0.311 e. The summed E-state index contributed by atoms with van der Waals surface area (Å²) in [5.41, 5.74) is 0. The molecule has 0 unspecified atom stereocenters. The average molecular weight is 407 g/mol. The van der Waals surface area contributed by atoms with Gasteiger partial charge in [-0.05, 0) is 64.2 Å². The molecule has 0 fully saturated rings. The predicted octanol–water partition coefficient (Wildman–Crippen LogP) is 3.18. The molecule has 148 valence electrons. The molecule has 0 aromatic heterocycles. The summed E-state index contributed by atoms with van der Waals surface area (Å²) in [5.74, 6) is 0.0379. The fraction of sp³-hybridized carbons (Fsp3) is 0.875. The minimum absolute atomic E-state index is 0.0189. The first-order chi connectivity index (χ1) is 11.2. The van der Waals surface area contributed by atoms with Gasteiger partial charge < -0.3 is 18.9 Å². The minimum Gasteiger partial charge on any atom is -0.437 e. The van der Waals surface area contributed by atoms with Crippen molar-refractivity contribution in [2.24, 2.45) is 0 Å². The molecule has 0 saturated heterocycles. The Morgan fingerprint density at radius 2 is 1.04 bits per heavy atom. The highest BCUT2D eigenvalue weighted by molar-refractivity contribution is 6.87. The largest absolute Gasteiger partial charge is 0.437 e. The van der Waals surface area contributed by atoms with Crippen molar-refractivity contribution in [3.63, 3.8) is 0 Å². The van der Waals surface area contributed by atoms with Gasteiger partial charge in [0, 0.05) is 26.9 Å². The molecule has 0 bridgehead atoms. The van der Waals surface area contributed by atoms with Gasteiger partial charge in [-0.3, -0.25) is 9.59 Å². The number of rotatable bonds is 12. The van der Waals surface area contributed by atoms with Crippen LogP contribution in [0.15, 0.2) is 0 Å². The van der Waals surface area contributed by atoms with Crippen LogP contribution in [0.4, 0.5) is 0 Å². The standard InChI is InChI=1S/C16H38N2O4Si3/c1-15(19)17-11-9-13-23(3,4)21-25(7,8)22-24(5,6)14-10-12-18-16(2)20/h9-14H2,1-8H3,(H,17,19)(H,18,20). The van der Waals surface area contributed by atoms with E-state index in [-0.39, 0.29) is 11.8 Å². The summed E-state index contributed by atoms with van der Waals surface area (Å²) < 4.78 is 13.0. The van der Waals surface area contributed by atoms with E-state index in [4.69, 9.17) is 8.23 Å². The molecule has 9 heteroatoms. The van der Waals surface area contributed by atoms with Gasteiger partial charge >= 0.3 is 8.56 Å². The lowest BCUT2D eigenvalue weighted by molar-refractivity contribution is -0.119. The summed E-state index contributed by atoms with van der Waals surface area (Å²) >= 11 is 0. The topological polar surface area (TPSA) is 76.7 Å². The summed E-state index contributed by atoms with van der Waals surface area (Å²) in [4.78, 5) is 21.9. The third-order valence-electron chi connectivity index (χ3n) is 3.70. The first kappa shape index (κ1) is 24.5. The highest BCUT2D eigenvalue weighted by atomic mass is 28.5. The molecule has 0 saturated carbocycles. The van der Waals surface area contributed by atoms with Crippen LogP contribution in [0.3, 0.4) is 0 Å². The Bertz CT molecular complexity index is 405. The van der Waals surface area contributed by atoms with Crippen LogP contribution in [0.5, 0.6) is 0 Å². The quantitative estimate of drug-likeness (QED) is 0.385. The number of carbonyl (C=O) groups is 2. The van der Waals surface area contributed by atoms with Gasteiger partial charge in [0.1, 0.15) is 0 Å². The van der Waals surface area contributed by atoms with E-state index in [1.165, 1.54) is 0 Å². The van der Waals surface area contributed by atoms with Gasteiger partial charge in [0.2, 0.25) is 11.8 Å². The van der Waals surface area contributed by atoms with E-state index in [0.29, 0.717) is 13.1 Å². The highest BCUT2D eigenvalue weighted by Gasteiger charge is 2.39. The molecule has 0 aliphatic carbocycles. The Kier molecular flexibility index (Phi) is 10.4. The summed E-state index contributed by atoms with van der Waals surface area (Å²) in [6.45, 7) is 17.7. The predicted molar refractivity (Wildman–Crippen MR) is 111 cm³/mol. The summed E-state index contributed by atoms with van der Waals surface area (Å²) in [5, 5.41) is 5.68. The first-order valence-electron chi connectivity index (χ1n) is 9.14. The second-order valence-electron chi connectivity index (χ2n) is 8.30. The Labute approximate surface area is 156 Å². The lowest BCUT2D eigenvalue weighted by Gasteiger charge is -2.38. The van der Waals surface area contributed by atoms with E-state index < -0.39 is 25.2 Å². The van der Waals surface area contributed by atoms with Crippen molar-refractivity contribution in [2.75, 3.05) is 13.1 Å². The molecule has 6 nitrogen and oxygen atoms in total. The number of hydrogen-bond donors (Lipinski definition) is 2. The van der Waals surface area contributed by atoms with Crippen molar-refractivity contribution in [3.8, 4) is 0 Å². The molecule has 0 spiro atoms. The molecule has 2 amide bonds. The molecule has 0 aliphatic heterocycles. The number of nitrogens with one attached hydrogen (secondary N) is 2. The zero-order chi connectivity index (χ0) is 19.7. The van der Waals surface area contributed by atoms with Gasteiger partial charge in [0.25, 0.3) is 0 Å². The van der Waals surface area contributed by atoms with Crippen LogP contribution in [-0.2, 0) is 17.8 Å². The Hall–Kier alpha value is -0.489. The summed E-state index contributed by atoms with van der Waals surface area (Å²) in [6, 6.07) is 2.02. The van der Waals surface area contributed by atoms with Gasteiger partial charge in [0.15, 0.2) is 16.6 Å². The number of amides is 2. The van der Waals surface area contributed by atoms with Gasteiger partial charge in [-0.1, -0.05) is 0 Å². The zero-order valence-electron chi connectivity index (χ0n) is 17.4. The maximum Gasteiger partial charge on any atom is 0.311 e. The molecule has 0 rings (SSSR count). The first-order valence-corrected chi connectivity index (χ1v) is 18.2. The van der Waals surface area contributed by atoms with Gasteiger partial charge in [-0.25, -0.2) is 0 Å². The maximum atomic E-state index is 10.9. The maximum absolute atomic E-state index is 10.9. The molecule has 0 aromatic carbocycles. The second-order valence-corrected chi connectivity index (χ2v) is 20.8. The van der Waals surface area contributed by atoms with E-state index in [0.717, 1.165) is 24.9 Å². The molecule has 0 aromatic rings. The molecular weight excluding hydrogens is 368 g/mol. The van der Waals surface area contributed by atoms with E-state index in [2.05, 4.69) is 49.9 Å². The SMILES string of the molecule is CC(=O)NCCC[Si](C)(C)O[Si](C)(C)O[Si](C)(C)CCCNC(C)=O. The third kappa shape index (κ3) is 14.4. The van der Waals surface area contributed by atoms with Crippen molar-refractivity contribution in [1.82, 2.24) is 10.6 Å². The monoisotopic (exact) mass is 406 g/mol. The van der Waals surface area contributed by atoms with Crippen LogP contribution in [0.25, 0.3) is 0 Å².